The van der Waals surface area contributed by atoms with E-state index in [-0.39, 0.29) is 24.4 Å². The normalized spacial score (nSPS) is 11.9. The summed E-state index contributed by atoms with van der Waals surface area (Å²) in [6, 6.07) is 2.98. The molecule has 5 heteroatoms. The van der Waals surface area contributed by atoms with Crippen molar-refractivity contribution in [3.05, 3.63) is 23.9 Å². The van der Waals surface area contributed by atoms with Crippen LogP contribution in [0, 0.1) is 0 Å². The summed E-state index contributed by atoms with van der Waals surface area (Å²) in [4.78, 5) is 15.6. The fraction of sp³-hybridized carbons (Fsp3) is 0.400. The highest BCUT2D eigenvalue weighted by Crippen LogP contribution is 2.13. The van der Waals surface area contributed by atoms with Crippen LogP contribution in [0.5, 0.6) is 5.88 Å². The highest BCUT2D eigenvalue weighted by molar-refractivity contribution is 5.96. The van der Waals surface area contributed by atoms with E-state index < -0.39 is 0 Å². The number of carbonyl (C=O) groups excluding carboxylic acids is 1. The van der Waals surface area contributed by atoms with Crippen molar-refractivity contribution in [3.63, 3.8) is 0 Å². The van der Waals surface area contributed by atoms with Gasteiger partial charge in [0.15, 0.2) is 0 Å². The molecule has 0 bridgehead atoms. The molecule has 1 amide bonds. The molecule has 0 radical (unpaired) electrons. The minimum atomic E-state index is -0.304. The Hall–Kier alpha value is -1.62. The van der Waals surface area contributed by atoms with Crippen molar-refractivity contribution < 1.29 is 14.6 Å². The van der Waals surface area contributed by atoms with Crippen LogP contribution < -0.4 is 10.1 Å². The third-order valence-electron chi connectivity index (χ3n) is 1.86. The Labute approximate surface area is 88.1 Å². The molecule has 0 fully saturated rings. The molecule has 2 N–H and O–H groups in total. The number of aromatic nitrogens is 1. The molecule has 1 atom stereocenters. The van der Waals surface area contributed by atoms with Crippen LogP contribution in [0.25, 0.3) is 0 Å². The minimum absolute atomic E-state index is 0.103. The van der Waals surface area contributed by atoms with Gasteiger partial charge in [0.25, 0.3) is 5.91 Å². The zero-order valence-electron chi connectivity index (χ0n) is 8.73. The number of nitrogens with one attached hydrogen (secondary N) is 1. The van der Waals surface area contributed by atoms with Crippen molar-refractivity contribution in [2.24, 2.45) is 0 Å². The molecular formula is C10H14N2O3. The van der Waals surface area contributed by atoms with E-state index >= 15 is 0 Å². The van der Waals surface area contributed by atoms with E-state index in [1.165, 1.54) is 7.11 Å². The number of aliphatic hydroxyl groups is 1. The molecule has 0 aliphatic carbocycles. The summed E-state index contributed by atoms with van der Waals surface area (Å²) >= 11 is 0. The molecule has 0 saturated heterocycles. The number of aliphatic hydroxyl groups excluding tert-OH is 1. The number of ether oxygens (including phenoxy) is 1. The molecule has 15 heavy (non-hydrogen) atoms. The first kappa shape index (κ1) is 11.5. The second-order valence-electron chi connectivity index (χ2n) is 3.12. The van der Waals surface area contributed by atoms with E-state index in [1.807, 2.05) is 0 Å². The standard InChI is InChI=1S/C10H14N2O3/c1-7(6-13)12-9(14)8-4-3-5-11-10(8)15-2/h3-5,7,13H,6H2,1-2H3,(H,12,14). The summed E-state index contributed by atoms with van der Waals surface area (Å²) in [7, 11) is 1.45. The summed E-state index contributed by atoms with van der Waals surface area (Å²) in [5.74, 6) is -0.0263. The van der Waals surface area contributed by atoms with Crippen LogP contribution in [-0.2, 0) is 0 Å². The summed E-state index contributed by atoms with van der Waals surface area (Å²) in [5.41, 5.74) is 0.361. The van der Waals surface area contributed by atoms with Crippen LogP contribution in [0.15, 0.2) is 18.3 Å². The summed E-state index contributed by atoms with van der Waals surface area (Å²) < 4.78 is 4.95. The fourth-order valence-corrected chi connectivity index (χ4v) is 1.07. The number of amides is 1. The molecule has 0 aliphatic rings. The van der Waals surface area contributed by atoms with Crippen molar-refractivity contribution in [1.29, 1.82) is 0 Å². The molecule has 1 heterocycles. The van der Waals surface area contributed by atoms with Gasteiger partial charge in [-0.2, -0.15) is 0 Å². The maximum Gasteiger partial charge on any atom is 0.257 e. The zero-order chi connectivity index (χ0) is 11.3. The Morgan fingerprint density at radius 2 is 2.47 bits per heavy atom. The molecule has 1 unspecified atom stereocenters. The first-order valence-electron chi connectivity index (χ1n) is 4.59. The molecular weight excluding hydrogens is 196 g/mol. The van der Waals surface area contributed by atoms with Crippen LogP contribution in [-0.4, -0.2) is 35.8 Å². The predicted molar refractivity (Wildman–Crippen MR) is 54.8 cm³/mol. The van der Waals surface area contributed by atoms with Crippen LogP contribution in [0.1, 0.15) is 17.3 Å². The Balaban J connectivity index is 2.81. The lowest BCUT2D eigenvalue weighted by atomic mass is 10.2. The maximum absolute atomic E-state index is 11.7. The van der Waals surface area contributed by atoms with E-state index in [1.54, 1.807) is 25.3 Å². The first-order chi connectivity index (χ1) is 7.19. The van der Waals surface area contributed by atoms with E-state index in [0.29, 0.717) is 5.56 Å². The van der Waals surface area contributed by atoms with E-state index in [0.717, 1.165) is 0 Å². The van der Waals surface area contributed by atoms with Crippen molar-refractivity contribution in [2.75, 3.05) is 13.7 Å². The Bertz CT molecular complexity index is 341. The third-order valence-corrected chi connectivity index (χ3v) is 1.86. The fourth-order valence-electron chi connectivity index (χ4n) is 1.07. The number of hydrogen-bond acceptors (Lipinski definition) is 4. The van der Waals surface area contributed by atoms with Gasteiger partial charge in [-0.25, -0.2) is 4.98 Å². The molecule has 0 spiro atoms. The summed E-state index contributed by atoms with van der Waals surface area (Å²) in [6.45, 7) is 1.61. The smallest absolute Gasteiger partial charge is 0.257 e. The minimum Gasteiger partial charge on any atom is -0.480 e. The molecule has 82 valence electrons. The third kappa shape index (κ3) is 2.92. The van der Waals surface area contributed by atoms with E-state index in [2.05, 4.69) is 10.3 Å². The molecule has 1 aromatic heterocycles. The second-order valence-corrected chi connectivity index (χ2v) is 3.12. The van der Waals surface area contributed by atoms with E-state index in [9.17, 15) is 4.79 Å². The van der Waals surface area contributed by atoms with Gasteiger partial charge in [-0.15, -0.1) is 0 Å². The quantitative estimate of drug-likeness (QED) is 0.744. The number of rotatable bonds is 4. The van der Waals surface area contributed by atoms with E-state index in [4.69, 9.17) is 9.84 Å². The molecule has 0 saturated carbocycles. The average molecular weight is 210 g/mol. The van der Waals surface area contributed by atoms with Crippen LogP contribution in [0.2, 0.25) is 0 Å². The largest absolute Gasteiger partial charge is 0.480 e. The van der Waals surface area contributed by atoms with Crippen molar-refractivity contribution >= 4 is 5.91 Å². The average Bonchev–Trinajstić information content (AvgIpc) is 2.28. The number of pyridine rings is 1. The molecule has 1 aromatic rings. The number of nitrogens with zero attached hydrogens (tertiary/aromatic N) is 1. The van der Waals surface area contributed by atoms with Crippen LogP contribution in [0.4, 0.5) is 0 Å². The van der Waals surface area contributed by atoms with Gasteiger partial charge in [-0.3, -0.25) is 4.79 Å². The zero-order valence-corrected chi connectivity index (χ0v) is 8.73. The lowest BCUT2D eigenvalue weighted by Gasteiger charge is -2.11. The van der Waals surface area contributed by atoms with Gasteiger partial charge < -0.3 is 15.2 Å². The van der Waals surface area contributed by atoms with Gasteiger partial charge in [0.2, 0.25) is 5.88 Å². The van der Waals surface area contributed by atoms with Crippen LogP contribution in [0.3, 0.4) is 0 Å². The number of carbonyl (C=O) groups is 1. The highest BCUT2D eigenvalue weighted by atomic mass is 16.5. The van der Waals surface area contributed by atoms with Crippen LogP contribution >= 0.6 is 0 Å². The highest BCUT2D eigenvalue weighted by Gasteiger charge is 2.14. The predicted octanol–water partition coefficient (Wildman–Crippen LogP) is 0.201. The Morgan fingerprint density at radius 1 is 1.73 bits per heavy atom. The lowest BCUT2D eigenvalue weighted by molar-refractivity contribution is 0.0918. The summed E-state index contributed by atoms with van der Waals surface area (Å²) in [5, 5.41) is 11.4. The van der Waals surface area contributed by atoms with Gasteiger partial charge in [-0.1, -0.05) is 0 Å². The van der Waals surface area contributed by atoms with Crippen molar-refractivity contribution in [3.8, 4) is 5.88 Å². The molecule has 0 aliphatic heterocycles. The number of methoxy groups -OCH3 is 1. The maximum atomic E-state index is 11.7. The molecule has 5 nitrogen and oxygen atoms in total. The molecule has 1 rings (SSSR count). The van der Waals surface area contributed by atoms with Gasteiger partial charge in [0.05, 0.1) is 13.7 Å². The van der Waals surface area contributed by atoms with Gasteiger partial charge in [0, 0.05) is 12.2 Å². The van der Waals surface area contributed by atoms with Gasteiger partial charge in [-0.05, 0) is 19.1 Å². The first-order valence-corrected chi connectivity index (χ1v) is 4.59. The van der Waals surface area contributed by atoms with Gasteiger partial charge in [0.1, 0.15) is 5.56 Å². The number of hydrogen-bond donors (Lipinski definition) is 2. The lowest BCUT2D eigenvalue weighted by Crippen LogP contribution is -2.35. The van der Waals surface area contributed by atoms with Crippen molar-refractivity contribution in [1.82, 2.24) is 10.3 Å². The topological polar surface area (TPSA) is 71.5 Å². The van der Waals surface area contributed by atoms with Gasteiger partial charge >= 0.3 is 0 Å². The van der Waals surface area contributed by atoms with Crippen molar-refractivity contribution in [2.45, 2.75) is 13.0 Å². The molecule has 0 aromatic carbocycles. The Kier molecular flexibility index (Phi) is 4.05. The second kappa shape index (κ2) is 5.31. The SMILES string of the molecule is COc1ncccc1C(=O)NC(C)CO. The summed E-state index contributed by atoms with van der Waals surface area (Å²) in [6.07, 6.45) is 1.55. The Morgan fingerprint density at radius 3 is 3.07 bits per heavy atom. The monoisotopic (exact) mass is 210 g/mol.